The lowest BCUT2D eigenvalue weighted by molar-refractivity contribution is -0.0301. The minimum absolute atomic E-state index is 0.103. The normalized spacial score (nSPS) is 27.1. The van der Waals surface area contributed by atoms with Crippen LogP contribution in [-0.4, -0.2) is 27.8 Å². The second-order valence-corrected chi connectivity index (χ2v) is 19.4. The third kappa shape index (κ3) is 5.79. The Morgan fingerprint density at radius 2 is 1.43 bits per heavy atom. The van der Waals surface area contributed by atoms with Gasteiger partial charge in [0.05, 0.1) is 11.2 Å². The molecule has 0 unspecified atom stereocenters. The third-order valence-electron chi connectivity index (χ3n) is 8.74. The summed E-state index contributed by atoms with van der Waals surface area (Å²) in [5.41, 5.74) is -0.231. The van der Waals surface area contributed by atoms with E-state index in [4.69, 9.17) is 8.85 Å². The van der Waals surface area contributed by atoms with Gasteiger partial charge in [-0.2, -0.15) is 0 Å². The average molecular weight is 453 g/mol. The van der Waals surface area contributed by atoms with Gasteiger partial charge >= 0.3 is 0 Å². The molecule has 1 aliphatic carbocycles. The summed E-state index contributed by atoms with van der Waals surface area (Å²) in [5.74, 6) is 0.815. The molecule has 0 aliphatic heterocycles. The van der Waals surface area contributed by atoms with Gasteiger partial charge in [-0.25, -0.2) is 0 Å². The third-order valence-corrected chi connectivity index (χ3v) is 18.3. The molecule has 0 heterocycles. The number of rotatable bonds is 15. The quantitative estimate of drug-likeness (QED) is 0.183. The van der Waals surface area contributed by atoms with Crippen molar-refractivity contribution in [3.63, 3.8) is 0 Å². The molecule has 1 aliphatic rings. The Bertz CT molecular complexity index is 525. The highest BCUT2D eigenvalue weighted by Crippen LogP contribution is 2.53. The molecular weight excluding hydrogens is 400 g/mol. The molecular formula is C26H52O2Si2. The van der Waals surface area contributed by atoms with Gasteiger partial charge in [0.15, 0.2) is 16.6 Å². The van der Waals surface area contributed by atoms with Gasteiger partial charge in [0.1, 0.15) is 0 Å². The predicted molar refractivity (Wildman–Crippen MR) is 139 cm³/mol. The molecule has 0 spiro atoms. The fraction of sp³-hybridized carbons (Fsp3) is 0.846. The zero-order chi connectivity index (χ0) is 23.1. The molecule has 1 rings (SSSR count). The van der Waals surface area contributed by atoms with E-state index in [1.54, 1.807) is 0 Å². The monoisotopic (exact) mass is 452 g/mol. The maximum atomic E-state index is 7.29. The molecule has 0 radical (unpaired) electrons. The summed E-state index contributed by atoms with van der Waals surface area (Å²) in [4.78, 5) is 0. The highest BCUT2D eigenvalue weighted by atomic mass is 28.4. The lowest BCUT2D eigenvalue weighted by atomic mass is 9.76. The second kappa shape index (κ2) is 11.6. The van der Waals surface area contributed by atoms with Gasteiger partial charge < -0.3 is 8.85 Å². The molecule has 0 bridgehead atoms. The molecule has 0 amide bonds. The summed E-state index contributed by atoms with van der Waals surface area (Å²) in [7, 11) is -3.42. The maximum absolute atomic E-state index is 7.29. The molecule has 0 aromatic rings. The first-order chi connectivity index (χ1) is 14.1. The summed E-state index contributed by atoms with van der Waals surface area (Å²) >= 11 is 0. The Kier molecular flexibility index (Phi) is 10.8. The highest BCUT2D eigenvalue weighted by molar-refractivity contribution is 6.74. The van der Waals surface area contributed by atoms with E-state index in [1.165, 1.54) is 42.7 Å². The highest BCUT2D eigenvalue weighted by Gasteiger charge is 2.55. The molecule has 30 heavy (non-hydrogen) atoms. The molecule has 0 N–H and O–H groups in total. The van der Waals surface area contributed by atoms with Crippen molar-refractivity contribution in [3.8, 4) is 0 Å². The number of hydrogen-bond donors (Lipinski definition) is 0. The minimum Gasteiger partial charge on any atom is -0.411 e. The lowest BCUT2D eigenvalue weighted by Crippen LogP contribution is -2.53. The van der Waals surface area contributed by atoms with E-state index in [1.807, 2.05) is 0 Å². The Hall–Kier alpha value is -0.166. The second-order valence-electron chi connectivity index (χ2n) is 10.1. The maximum Gasteiger partial charge on any atom is 0.192 e. The molecule has 4 atom stereocenters. The van der Waals surface area contributed by atoms with E-state index >= 15 is 0 Å². The summed E-state index contributed by atoms with van der Waals surface area (Å²) < 4.78 is 14.5. The topological polar surface area (TPSA) is 18.5 Å². The molecule has 0 saturated heterocycles. The van der Waals surface area contributed by atoms with Gasteiger partial charge in [-0.15, -0.1) is 13.2 Å². The first kappa shape index (κ1) is 27.9. The zero-order valence-corrected chi connectivity index (χ0v) is 23.6. The molecule has 176 valence electrons. The van der Waals surface area contributed by atoms with Crippen molar-refractivity contribution in [1.82, 2.24) is 0 Å². The average Bonchev–Trinajstić information content (AvgIpc) is 3.11. The predicted octanol–water partition coefficient (Wildman–Crippen LogP) is 8.73. The van der Waals surface area contributed by atoms with Crippen molar-refractivity contribution in [3.05, 3.63) is 25.3 Å². The van der Waals surface area contributed by atoms with Crippen LogP contribution < -0.4 is 0 Å². The van der Waals surface area contributed by atoms with E-state index in [0.29, 0.717) is 11.8 Å². The van der Waals surface area contributed by atoms with Crippen molar-refractivity contribution in [1.29, 1.82) is 0 Å². The summed E-state index contributed by atoms with van der Waals surface area (Å²) in [6, 6.07) is 7.19. The van der Waals surface area contributed by atoms with Crippen LogP contribution in [-0.2, 0) is 8.85 Å². The van der Waals surface area contributed by atoms with Gasteiger partial charge in [0.2, 0.25) is 0 Å². The smallest absolute Gasteiger partial charge is 0.192 e. The molecule has 0 aromatic carbocycles. The molecule has 1 saturated carbocycles. The largest absolute Gasteiger partial charge is 0.411 e. The summed E-state index contributed by atoms with van der Waals surface area (Å²) in [6.45, 7) is 27.1. The fourth-order valence-electron chi connectivity index (χ4n) is 6.05. The van der Waals surface area contributed by atoms with Crippen LogP contribution in [0.15, 0.2) is 25.3 Å². The zero-order valence-electron chi connectivity index (χ0n) is 21.6. The van der Waals surface area contributed by atoms with Crippen LogP contribution in [0.25, 0.3) is 0 Å². The van der Waals surface area contributed by atoms with Crippen LogP contribution in [0.2, 0.25) is 36.3 Å². The SMILES string of the molecule is C=CCC[C@@](C)(O[Si](CC)(CC)CC)[C@@H]1CC[C@@](C)(O[Si](CC)(CC)CC)[C@H]1C=C. The van der Waals surface area contributed by atoms with E-state index in [-0.39, 0.29) is 11.2 Å². The van der Waals surface area contributed by atoms with Crippen LogP contribution in [0, 0.1) is 11.8 Å². The first-order valence-electron chi connectivity index (χ1n) is 12.8. The Balaban J connectivity index is 3.32. The van der Waals surface area contributed by atoms with Crippen molar-refractivity contribution in [2.45, 2.75) is 129 Å². The van der Waals surface area contributed by atoms with Gasteiger partial charge in [-0.3, -0.25) is 0 Å². The molecule has 0 aromatic heterocycles. The van der Waals surface area contributed by atoms with Crippen LogP contribution in [0.1, 0.15) is 81.1 Å². The standard InChI is InChI=1S/C26H52O2Si2/c1-11-19-21-25(9,27-29(13-3,14-4)15-5)24-20-22-26(10,23(24)12-2)28-30(16-6,17-7)18-8/h11-12,23-24H,1-2,13-22H2,3-10H3/t23-,24+,25+,26+/m0/s1. The molecule has 1 fully saturated rings. The Morgan fingerprint density at radius 1 is 0.933 bits per heavy atom. The Labute approximate surface area is 191 Å². The van der Waals surface area contributed by atoms with Crippen LogP contribution in [0.5, 0.6) is 0 Å². The van der Waals surface area contributed by atoms with E-state index in [2.05, 4.69) is 80.7 Å². The fourth-order valence-corrected chi connectivity index (χ4v) is 12.4. The molecule has 4 heteroatoms. The van der Waals surface area contributed by atoms with Gasteiger partial charge in [-0.05, 0) is 81.7 Å². The number of hydrogen-bond acceptors (Lipinski definition) is 2. The molecule has 2 nitrogen and oxygen atoms in total. The number of allylic oxidation sites excluding steroid dienone is 1. The summed E-state index contributed by atoms with van der Waals surface area (Å²) in [6.07, 6.45) is 8.62. The lowest BCUT2D eigenvalue weighted by Gasteiger charge is -2.48. The van der Waals surface area contributed by atoms with Crippen molar-refractivity contribution >= 4 is 16.6 Å². The first-order valence-corrected chi connectivity index (χ1v) is 17.8. The minimum atomic E-state index is -1.73. The van der Waals surface area contributed by atoms with Gasteiger partial charge in [-0.1, -0.05) is 53.7 Å². The van der Waals surface area contributed by atoms with Crippen molar-refractivity contribution < 1.29 is 8.85 Å². The Morgan fingerprint density at radius 3 is 1.83 bits per heavy atom. The van der Waals surface area contributed by atoms with Crippen molar-refractivity contribution in [2.24, 2.45) is 11.8 Å². The van der Waals surface area contributed by atoms with E-state index in [9.17, 15) is 0 Å². The van der Waals surface area contributed by atoms with Gasteiger partial charge in [0, 0.05) is 5.92 Å². The summed E-state index contributed by atoms with van der Waals surface area (Å²) in [5, 5.41) is 0. The van der Waals surface area contributed by atoms with Crippen LogP contribution in [0.4, 0.5) is 0 Å². The van der Waals surface area contributed by atoms with E-state index in [0.717, 1.165) is 19.3 Å². The van der Waals surface area contributed by atoms with Gasteiger partial charge in [0.25, 0.3) is 0 Å². The van der Waals surface area contributed by atoms with Crippen LogP contribution in [0.3, 0.4) is 0 Å². The van der Waals surface area contributed by atoms with Crippen LogP contribution >= 0.6 is 0 Å². The van der Waals surface area contributed by atoms with E-state index < -0.39 is 16.6 Å². The van der Waals surface area contributed by atoms with Crippen molar-refractivity contribution in [2.75, 3.05) is 0 Å².